The molecule has 0 saturated carbocycles. The molecule has 0 heterocycles. The first-order chi connectivity index (χ1) is 14.7. The Morgan fingerprint density at radius 2 is 1.61 bits per heavy atom. The second kappa shape index (κ2) is 9.96. The lowest BCUT2D eigenvalue weighted by Crippen LogP contribution is -2.22. The van der Waals surface area contributed by atoms with Crippen LogP contribution in [0, 0.1) is 6.92 Å². The summed E-state index contributed by atoms with van der Waals surface area (Å²) in [5, 5.41) is 3.56. The van der Waals surface area contributed by atoms with Gasteiger partial charge in [0.05, 0.1) is 15.8 Å². The van der Waals surface area contributed by atoms with Crippen molar-refractivity contribution < 1.29 is 13.2 Å². The predicted molar refractivity (Wildman–Crippen MR) is 129 cm³/mol. The number of rotatable bonds is 7. The van der Waals surface area contributed by atoms with Gasteiger partial charge in [0.25, 0.3) is 10.0 Å². The minimum absolute atomic E-state index is 0.0773. The maximum absolute atomic E-state index is 12.7. The van der Waals surface area contributed by atoms with Crippen LogP contribution in [0.15, 0.2) is 76.5 Å². The second-order valence-electron chi connectivity index (χ2n) is 6.75. The van der Waals surface area contributed by atoms with Gasteiger partial charge in [0.2, 0.25) is 5.91 Å². The normalized spacial score (nSPS) is 12.3. The number of hydrogen-bond acceptors (Lipinski definition) is 4. The van der Waals surface area contributed by atoms with E-state index >= 15 is 0 Å². The summed E-state index contributed by atoms with van der Waals surface area (Å²) < 4.78 is 27.9. The van der Waals surface area contributed by atoms with E-state index in [1.807, 2.05) is 12.1 Å². The lowest BCUT2D eigenvalue weighted by Gasteiger charge is -2.14. The van der Waals surface area contributed by atoms with Gasteiger partial charge in [-0.2, -0.15) is 0 Å². The Kier molecular flexibility index (Phi) is 7.54. The standard InChI is InChI=1S/C22H20Cl2N2O3S2/c1-14-20(24)4-3-5-21(14)26-31(28,29)19-12-8-17(9-13-19)25-22(27)15(2)30-18-10-6-16(23)7-11-18/h3-13,15,26H,1-2H3,(H,25,27)/t15-/m0/s1. The number of benzene rings is 3. The first kappa shape index (κ1) is 23.5. The molecule has 162 valence electrons. The maximum Gasteiger partial charge on any atom is 0.261 e. The van der Waals surface area contributed by atoms with Gasteiger partial charge in [-0.3, -0.25) is 9.52 Å². The van der Waals surface area contributed by atoms with E-state index in [1.165, 1.54) is 23.9 Å². The zero-order valence-corrected chi connectivity index (χ0v) is 19.9. The highest BCUT2D eigenvalue weighted by atomic mass is 35.5. The van der Waals surface area contributed by atoms with E-state index in [1.54, 1.807) is 56.3 Å². The van der Waals surface area contributed by atoms with E-state index in [0.29, 0.717) is 27.0 Å². The van der Waals surface area contributed by atoms with Crippen LogP contribution in [0.2, 0.25) is 10.0 Å². The Morgan fingerprint density at radius 3 is 2.26 bits per heavy atom. The molecule has 2 N–H and O–H groups in total. The Balaban J connectivity index is 1.65. The van der Waals surface area contributed by atoms with Crippen molar-refractivity contribution >= 4 is 62.3 Å². The molecule has 0 unspecified atom stereocenters. The van der Waals surface area contributed by atoms with Crippen LogP contribution in [0.25, 0.3) is 0 Å². The summed E-state index contributed by atoms with van der Waals surface area (Å²) in [4.78, 5) is 13.5. The van der Waals surface area contributed by atoms with Crippen molar-refractivity contribution in [3.05, 3.63) is 82.3 Å². The zero-order valence-electron chi connectivity index (χ0n) is 16.7. The average molecular weight is 495 g/mol. The summed E-state index contributed by atoms with van der Waals surface area (Å²) in [6.07, 6.45) is 0. The third-order valence-electron chi connectivity index (χ3n) is 4.44. The molecular formula is C22H20Cl2N2O3S2. The van der Waals surface area contributed by atoms with Crippen molar-refractivity contribution in [1.29, 1.82) is 0 Å². The van der Waals surface area contributed by atoms with Crippen LogP contribution in [0.5, 0.6) is 0 Å². The lowest BCUT2D eigenvalue weighted by molar-refractivity contribution is -0.115. The van der Waals surface area contributed by atoms with E-state index in [2.05, 4.69) is 10.0 Å². The molecule has 0 aliphatic heterocycles. The van der Waals surface area contributed by atoms with Gasteiger partial charge < -0.3 is 5.32 Å². The van der Waals surface area contributed by atoms with Crippen LogP contribution in [-0.4, -0.2) is 19.6 Å². The van der Waals surface area contributed by atoms with Crippen molar-refractivity contribution in [3.63, 3.8) is 0 Å². The fourth-order valence-electron chi connectivity index (χ4n) is 2.65. The quantitative estimate of drug-likeness (QED) is 0.382. The molecule has 0 spiro atoms. The molecule has 3 aromatic carbocycles. The minimum Gasteiger partial charge on any atom is -0.325 e. The number of anilines is 2. The van der Waals surface area contributed by atoms with Crippen LogP contribution in [0.4, 0.5) is 11.4 Å². The molecule has 0 fully saturated rings. The zero-order chi connectivity index (χ0) is 22.6. The Labute approximate surface area is 196 Å². The van der Waals surface area contributed by atoms with Gasteiger partial charge in [0.1, 0.15) is 0 Å². The van der Waals surface area contributed by atoms with Gasteiger partial charge >= 0.3 is 0 Å². The number of amides is 1. The monoisotopic (exact) mass is 494 g/mol. The van der Waals surface area contributed by atoms with Gasteiger partial charge in [-0.1, -0.05) is 29.3 Å². The van der Waals surface area contributed by atoms with Crippen molar-refractivity contribution in [3.8, 4) is 0 Å². The number of nitrogens with one attached hydrogen (secondary N) is 2. The molecule has 31 heavy (non-hydrogen) atoms. The molecule has 3 rings (SSSR count). The van der Waals surface area contributed by atoms with E-state index in [4.69, 9.17) is 23.2 Å². The first-order valence-electron chi connectivity index (χ1n) is 9.27. The van der Waals surface area contributed by atoms with Crippen LogP contribution in [-0.2, 0) is 14.8 Å². The number of hydrogen-bond donors (Lipinski definition) is 2. The van der Waals surface area contributed by atoms with E-state index in [9.17, 15) is 13.2 Å². The van der Waals surface area contributed by atoms with Gasteiger partial charge in [-0.05, 0) is 80.1 Å². The molecule has 5 nitrogen and oxygen atoms in total. The Morgan fingerprint density at radius 1 is 0.968 bits per heavy atom. The number of carbonyl (C=O) groups is 1. The van der Waals surface area contributed by atoms with E-state index < -0.39 is 10.0 Å². The molecule has 0 aliphatic rings. The van der Waals surface area contributed by atoms with Crippen LogP contribution >= 0.6 is 35.0 Å². The van der Waals surface area contributed by atoms with Crippen LogP contribution in [0.1, 0.15) is 12.5 Å². The number of carbonyl (C=O) groups excluding carboxylic acids is 1. The number of thioether (sulfide) groups is 1. The van der Waals surface area contributed by atoms with Gasteiger partial charge in [-0.25, -0.2) is 8.42 Å². The fourth-order valence-corrected chi connectivity index (χ4v) is 4.94. The summed E-state index contributed by atoms with van der Waals surface area (Å²) in [7, 11) is -3.79. The third-order valence-corrected chi connectivity index (χ3v) is 7.59. The number of halogens is 2. The lowest BCUT2D eigenvalue weighted by atomic mass is 10.2. The van der Waals surface area contributed by atoms with Crippen molar-refractivity contribution in [2.45, 2.75) is 28.9 Å². The van der Waals surface area contributed by atoms with Crippen molar-refractivity contribution in [1.82, 2.24) is 0 Å². The summed E-state index contributed by atoms with van der Waals surface area (Å²) in [5.74, 6) is -0.191. The molecule has 0 saturated heterocycles. The van der Waals surface area contributed by atoms with Crippen LogP contribution in [0.3, 0.4) is 0 Å². The smallest absolute Gasteiger partial charge is 0.261 e. The maximum atomic E-state index is 12.7. The highest BCUT2D eigenvalue weighted by Crippen LogP contribution is 2.27. The minimum atomic E-state index is -3.79. The van der Waals surface area contributed by atoms with Gasteiger partial charge in [-0.15, -0.1) is 11.8 Å². The van der Waals surface area contributed by atoms with Gasteiger partial charge in [0, 0.05) is 20.6 Å². The average Bonchev–Trinajstić information content (AvgIpc) is 2.73. The van der Waals surface area contributed by atoms with E-state index in [0.717, 1.165) is 4.90 Å². The second-order valence-corrected chi connectivity index (χ2v) is 10.7. The molecular weight excluding hydrogens is 475 g/mol. The SMILES string of the molecule is Cc1c(Cl)cccc1NS(=O)(=O)c1ccc(NC(=O)[C@H](C)Sc2ccc(Cl)cc2)cc1. The van der Waals surface area contributed by atoms with Crippen molar-refractivity contribution in [2.75, 3.05) is 10.0 Å². The molecule has 0 radical (unpaired) electrons. The topological polar surface area (TPSA) is 75.3 Å². The molecule has 1 amide bonds. The molecule has 0 aliphatic carbocycles. The van der Waals surface area contributed by atoms with E-state index in [-0.39, 0.29) is 16.1 Å². The largest absolute Gasteiger partial charge is 0.325 e. The van der Waals surface area contributed by atoms with Crippen LogP contribution < -0.4 is 10.0 Å². The Bertz CT molecular complexity index is 1180. The highest BCUT2D eigenvalue weighted by Gasteiger charge is 2.18. The van der Waals surface area contributed by atoms with Crippen molar-refractivity contribution in [2.24, 2.45) is 0 Å². The van der Waals surface area contributed by atoms with Gasteiger partial charge in [0.15, 0.2) is 0 Å². The third kappa shape index (κ3) is 6.17. The molecule has 1 atom stereocenters. The first-order valence-corrected chi connectivity index (χ1v) is 12.4. The molecule has 3 aromatic rings. The molecule has 0 aromatic heterocycles. The predicted octanol–water partition coefficient (Wildman–Crippen LogP) is 6.22. The summed E-state index contributed by atoms with van der Waals surface area (Å²) >= 11 is 13.3. The Hall–Kier alpha value is -2.19. The number of sulfonamides is 1. The highest BCUT2D eigenvalue weighted by molar-refractivity contribution is 8.00. The molecule has 9 heteroatoms. The summed E-state index contributed by atoms with van der Waals surface area (Å²) in [6.45, 7) is 3.53. The fraction of sp³-hybridized carbons (Fsp3) is 0.136. The summed E-state index contributed by atoms with van der Waals surface area (Å²) in [6, 6.07) is 18.2. The molecule has 0 bridgehead atoms. The summed E-state index contributed by atoms with van der Waals surface area (Å²) in [5.41, 5.74) is 1.56.